The maximum atomic E-state index is 12.9. The molecule has 0 unspecified atom stereocenters. The molecule has 3 rings (SSSR count). The predicted octanol–water partition coefficient (Wildman–Crippen LogP) is 3.68. The number of amides is 1. The molecule has 0 radical (unpaired) electrons. The van der Waals surface area contributed by atoms with Crippen molar-refractivity contribution in [2.45, 2.75) is 17.4 Å². The topological polar surface area (TPSA) is 56.8 Å². The van der Waals surface area contributed by atoms with Crippen LogP contribution in [0.25, 0.3) is 0 Å². The molecule has 6 heteroatoms. The second-order valence-electron chi connectivity index (χ2n) is 5.61. The van der Waals surface area contributed by atoms with Crippen LogP contribution in [0.3, 0.4) is 0 Å². The van der Waals surface area contributed by atoms with Crippen molar-refractivity contribution in [1.82, 2.24) is 5.32 Å². The minimum absolute atomic E-state index is 0.0113. The van der Waals surface area contributed by atoms with Gasteiger partial charge < -0.3 is 19.5 Å². The van der Waals surface area contributed by atoms with E-state index in [4.69, 9.17) is 14.2 Å². The summed E-state index contributed by atoms with van der Waals surface area (Å²) in [5, 5.41) is 3.13. The lowest BCUT2D eigenvalue weighted by molar-refractivity contribution is 0.0931. The van der Waals surface area contributed by atoms with Gasteiger partial charge in [-0.1, -0.05) is 18.2 Å². The molecule has 1 aliphatic heterocycles. The third-order valence-electron chi connectivity index (χ3n) is 4.21. The van der Waals surface area contributed by atoms with Gasteiger partial charge in [-0.25, -0.2) is 0 Å². The molecule has 132 valence electrons. The van der Waals surface area contributed by atoms with E-state index in [2.05, 4.69) is 17.4 Å². The average molecular weight is 359 g/mol. The highest BCUT2D eigenvalue weighted by molar-refractivity contribution is 7.99. The van der Waals surface area contributed by atoms with Crippen molar-refractivity contribution in [1.29, 1.82) is 0 Å². The zero-order valence-electron chi connectivity index (χ0n) is 14.5. The first-order valence-electron chi connectivity index (χ1n) is 8.00. The number of carbonyl (C=O) groups is 1. The molecular weight excluding hydrogens is 338 g/mol. The molecule has 1 atom stereocenters. The van der Waals surface area contributed by atoms with Crippen LogP contribution < -0.4 is 19.5 Å². The van der Waals surface area contributed by atoms with Gasteiger partial charge in [0.15, 0.2) is 11.5 Å². The van der Waals surface area contributed by atoms with Gasteiger partial charge >= 0.3 is 0 Å². The van der Waals surface area contributed by atoms with Crippen molar-refractivity contribution in [2.75, 3.05) is 27.1 Å². The molecule has 1 aliphatic rings. The Morgan fingerprint density at radius 1 is 1.04 bits per heavy atom. The van der Waals surface area contributed by atoms with Gasteiger partial charge in [-0.05, 0) is 18.1 Å². The Morgan fingerprint density at radius 2 is 1.72 bits per heavy atom. The van der Waals surface area contributed by atoms with E-state index in [0.29, 0.717) is 22.8 Å². The number of benzene rings is 2. The van der Waals surface area contributed by atoms with E-state index in [0.717, 1.165) is 17.7 Å². The molecule has 0 fully saturated rings. The smallest absolute Gasteiger partial charge is 0.255 e. The van der Waals surface area contributed by atoms with Crippen molar-refractivity contribution in [2.24, 2.45) is 0 Å². The minimum atomic E-state index is -0.190. The van der Waals surface area contributed by atoms with E-state index < -0.39 is 0 Å². The highest BCUT2D eigenvalue weighted by atomic mass is 32.2. The Kier molecular flexibility index (Phi) is 5.38. The van der Waals surface area contributed by atoms with Gasteiger partial charge in [-0.15, -0.1) is 11.8 Å². The third-order valence-corrected chi connectivity index (χ3v) is 5.34. The van der Waals surface area contributed by atoms with Crippen molar-refractivity contribution < 1.29 is 19.0 Å². The summed E-state index contributed by atoms with van der Waals surface area (Å²) in [5.41, 5.74) is 1.59. The fraction of sp³-hybridized carbons (Fsp3) is 0.316. The monoisotopic (exact) mass is 359 g/mol. The van der Waals surface area contributed by atoms with Crippen LogP contribution in [0.5, 0.6) is 17.2 Å². The van der Waals surface area contributed by atoms with Crippen molar-refractivity contribution in [3.63, 3.8) is 0 Å². The number of nitrogens with one attached hydrogen (secondary N) is 1. The van der Waals surface area contributed by atoms with E-state index in [-0.39, 0.29) is 11.9 Å². The Balaban J connectivity index is 1.89. The van der Waals surface area contributed by atoms with Gasteiger partial charge in [0.1, 0.15) is 5.75 Å². The molecular formula is C19H21NO4S. The minimum Gasteiger partial charge on any atom is -0.496 e. The molecule has 2 aromatic carbocycles. The van der Waals surface area contributed by atoms with E-state index in [1.165, 1.54) is 12.0 Å². The largest absolute Gasteiger partial charge is 0.496 e. The number of fused-ring (bicyclic) bond motifs is 1. The number of ether oxygens (including phenoxy) is 3. The molecule has 5 nitrogen and oxygen atoms in total. The number of hydrogen-bond acceptors (Lipinski definition) is 5. The number of carbonyl (C=O) groups excluding carboxylic acids is 1. The van der Waals surface area contributed by atoms with E-state index in [9.17, 15) is 4.79 Å². The molecule has 0 saturated heterocycles. The average Bonchev–Trinajstić information content (AvgIpc) is 2.67. The second-order valence-corrected chi connectivity index (χ2v) is 6.75. The van der Waals surface area contributed by atoms with Gasteiger partial charge in [0.25, 0.3) is 5.91 Å². The maximum Gasteiger partial charge on any atom is 0.255 e. The number of thioether (sulfide) groups is 1. The highest BCUT2D eigenvalue weighted by Crippen LogP contribution is 2.37. The molecule has 0 spiro atoms. The predicted molar refractivity (Wildman–Crippen MR) is 98.1 cm³/mol. The Labute approximate surface area is 151 Å². The molecule has 1 amide bonds. The fourth-order valence-corrected chi connectivity index (χ4v) is 4.06. The van der Waals surface area contributed by atoms with Crippen molar-refractivity contribution in [3.8, 4) is 17.2 Å². The van der Waals surface area contributed by atoms with Gasteiger partial charge in [0, 0.05) is 22.8 Å². The first-order chi connectivity index (χ1) is 12.2. The Hall–Kier alpha value is -2.34. The standard InChI is InChI=1S/C19H21NO4S/c1-22-15-11-17(24-3)16(23-2)10-13(15)19(21)20-14-8-9-25-18-7-5-4-6-12(14)18/h4-7,10-11,14H,8-9H2,1-3H3,(H,20,21)/t14-/m1/s1. The van der Waals surface area contributed by atoms with E-state index in [1.807, 2.05) is 23.9 Å². The van der Waals surface area contributed by atoms with Crippen LogP contribution in [0.15, 0.2) is 41.3 Å². The molecule has 1 N–H and O–H groups in total. The zero-order chi connectivity index (χ0) is 17.8. The molecule has 1 heterocycles. The quantitative estimate of drug-likeness (QED) is 0.883. The summed E-state index contributed by atoms with van der Waals surface area (Å²) in [6.07, 6.45) is 0.892. The van der Waals surface area contributed by atoms with Crippen molar-refractivity contribution >= 4 is 17.7 Å². The number of rotatable bonds is 5. The summed E-state index contributed by atoms with van der Waals surface area (Å²) in [5.74, 6) is 2.26. The molecule has 25 heavy (non-hydrogen) atoms. The summed E-state index contributed by atoms with van der Waals surface area (Å²) < 4.78 is 15.9. The van der Waals surface area contributed by atoms with Crippen LogP contribution in [0.2, 0.25) is 0 Å². The van der Waals surface area contributed by atoms with Gasteiger partial charge in [-0.3, -0.25) is 4.79 Å². The van der Waals surface area contributed by atoms with Crippen LogP contribution in [-0.4, -0.2) is 33.0 Å². The lowest BCUT2D eigenvalue weighted by Crippen LogP contribution is -2.31. The summed E-state index contributed by atoms with van der Waals surface area (Å²) in [7, 11) is 4.62. The van der Waals surface area contributed by atoms with Crippen molar-refractivity contribution in [3.05, 3.63) is 47.5 Å². The summed E-state index contributed by atoms with van der Waals surface area (Å²) in [6.45, 7) is 0. The van der Waals surface area contributed by atoms with Crippen LogP contribution in [0.4, 0.5) is 0 Å². The Bertz CT molecular complexity index is 778. The third kappa shape index (κ3) is 3.54. The van der Waals surface area contributed by atoms with Gasteiger partial charge in [0.2, 0.25) is 0 Å². The second kappa shape index (κ2) is 7.70. The van der Waals surface area contributed by atoms with Crippen LogP contribution >= 0.6 is 11.8 Å². The first kappa shape index (κ1) is 17.5. The summed E-state index contributed by atoms with van der Waals surface area (Å²) >= 11 is 1.82. The zero-order valence-corrected chi connectivity index (χ0v) is 15.3. The molecule has 0 saturated carbocycles. The van der Waals surface area contributed by atoms with Crippen LogP contribution in [-0.2, 0) is 0 Å². The van der Waals surface area contributed by atoms with Gasteiger partial charge in [0.05, 0.1) is 32.9 Å². The number of methoxy groups -OCH3 is 3. The van der Waals surface area contributed by atoms with E-state index >= 15 is 0 Å². The molecule has 0 aliphatic carbocycles. The van der Waals surface area contributed by atoms with Crippen LogP contribution in [0, 0.1) is 0 Å². The molecule has 0 bridgehead atoms. The first-order valence-corrected chi connectivity index (χ1v) is 8.99. The van der Waals surface area contributed by atoms with Gasteiger partial charge in [-0.2, -0.15) is 0 Å². The van der Waals surface area contributed by atoms with E-state index in [1.54, 1.807) is 26.4 Å². The normalized spacial score (nSPS) is 15.9. The number of hydrogen-bond donors (Lipinski definition) is 1. The molecule has 0 aromatic heterocycles. The lowest BCUT2D eigenvalue weighted by atomic mass is 10.0. The summed E-state index contributed by atoms with van der Waals surface area (Å²) in [6, 6.07) is 11.5. The SMILES string of the molecule is COc1cc(OC)c(C(=O)N[C@@H]2CCSc3ccccc32)cc1OC. The summed E-state index contributed by atoms with van der Waals surface area (Å²) in [4.78, 5) is 14.1. The highest BCUT2D eigenvalue weighted by Gasteiger charge is 2.24. The maximum absolute atomic E-state index is 12.9. The Morgan fingerprint density at radius 3 is 2.44 bits per heavy atom. The lowest BCUT2D eigenvalue weighted by Gasteiger charge is -2.26. The molecule has 2 aromatic rings. The fourth-order valence-electron chi connectivity index (χ4n) is 2.93. The van der Waals surface area contributed by atoms with Crippen LogP contribution in [0.1, 0.15) is 28.4 Å².